The molecule has 0 fully saturated rings. The van der Waals surface area contributed by atoms with Gasteiger partial charge in [0.2, 0.25) is 0 Å². The lowest BCUT2D eigenvalue weighted by Crippen LogP contribution is -2.35. The van der Waals surface area contributed by atoms with E-state index in [4.69, 9.17) is 0 Å². The van der Waals surface area contributed by atoms with Crippen molar-refractivity contribution in [3.63, 3.8) is 0 Å². The molecule has 0 heterocycles. The molecule has 0 aliphatic rings. The minimum Gasteiger partial charge on any atom is -0.305 e. The Morgan fingerprint density at radius 2 is 2.00 bits per heavy atom. The molecule has 0 radical (unpaired) electrons. The molecule has 15 heavy (non-hydrogen) atoms. The van der Waals surface area contributed by atoms with Gasteiger partial charge in [-0.1, -0.05) is 36.4 Å². The van der Waals surface area contributed by atoms with Crippen LogP contribution in [0.4, 0.5) is 8.78 Å². The predicted molar refractivity (Wildman–Crippen MR) is 58.0 cm³/mol. The fourth-order valence-corrected chi connectivity index (χ4v) is 1.16. The molecule has 1 N–H and O–H groups in total. The molecule has 1 atom stereocenters. The average Bonchev–Trinajstić information content (AvgIpc) is 2.27. The number of nitrogens with one attached hydrogen (secondary N) is 1. The molecule has 82 valence electrons. The first kappa shape index (κ1) is 11.9. The second-order valence-corrected chi connectivity index (χ2v) is 3.48. The fraction of sp³-hybridized carbons (Fsp3) is 0.333. The van der Waals surface area contributed by atoms with Gasteiger partial charge in [0, 0.05) is 11.6 Å². The maximum Gasteiger partial charge on any atom is 0.285 e. The smallest absolute Gasteiger partial charge is 0.285 e. The summed E-state index contributed by atoms with van der Waals surface area (Å²) in [6.07, 6.45) is 1.60. The Hall–Kier alpha value is -1.22. The highest BCUT2D eigenvalue weighted by Gasteiger charge is 2.30. The van der Waals surface area contributed by atoms with Crippen LogP contribution in [0.5, 0.6) is 0 Å². The third kappa shape index (κ3) is 3.44. The summed E-state index contributed by atoms with van der Waals surface area (Å²) < 4.78 is 27.1. The molecule has 0 aliphatic heterocycles. The van der Waals surface area contributed by atoms with Crippen molar-refractivity contribution >= 4 is 0 Å². The summed E-state index contributed by atoms with van der Waals surface area (Å²) in [6.45, 7) is 4.94. The van der Waals surface area contributed by atoms with Crippen LogP contribution < -0.4 is 5.32 Å². The highest BCUT2D eigenvalue weighted by atomic mass is 19.3. The largest absolute Gasteiger partial charge is 0.305 e. The van der Waals surface area contributed by atoms with E-state index >= 15 is 0 Å². The van der Waals surface area contributed by atoms with Gasteiger partial charge in [0.15, 0.2) is 0 Å². The van der Waals surface area contributed by atoms with E-state index in [-0.39, 0.29) is 18.2 Å². The van der Waals surface area contributed by atoms with Gasteiger partial charge in [0.25, 0.3) is 5.92 Å². The molecule has 0 saturated heterocycles. The van der Waals surface area contributed by atoms with Crippen molar-refractivity contribution in [3.05, 3.63) is 48.6 Å². The monoisotopic (exact) mass is 211 g/mol. The molecule has 1 unspecified atom stereocenters. The zero-order valence-electron chi connectivity index (χ0n) is 8.71. The maximum absolute atomic E-state index is 13.6. The maximum atomic E-state index is 13.6. The van der Waals surface area contributed by atoms with Crippen molar-refractivity contribution in [2.24, 2.45) is 0 Å². The molecule has 3 heteroatoms. The van der Waals surface area contributed by atoms with E-state index in [2.05, 4.69) is 11.9 Å². The summed E-state index contributed by atoms with van der Waals surface area (Å²) in [7, 11) is 0. The number of hydrogen-bond donors (Lipinski definition) is 1. The molecular weight excluding hydrogens is 196 g/mol. The third-order valence-corrected chi connectivity index (χ3v) is 2.20. The average molecular weight is 211 g/mol. The van der Waals surface area contributed by atoms with Gasteiger partial charge in [-0.2, -0.15) is 8.78 Å². The molecule has 1 rings (SSSR count). The first-order valence-corrected chi connectivity index (χ1v) is 4.85. The summed E-state index contributed by atoms with van der Waals surface area (Å²) in [5.74, 6) is -2.83. The van der Waals surface area contributed by atoms with Gasteiger partial charge in [-0.3, -0.25) is 0 Å². The van der Waals surface area contributed by atoms with Gasteiger partial charge in [-0.15, -0.1) is 6.58 Å². The van der Waals surface area contributed by atoms with E-state index in [1.807, 2.05) is 0 Å². The molecular formula is C12H15F2N. The Balaban J connectivity index is 2.63. The third-order valence-electron chi connectivity index (χ3n) is 2.20. The van der Waals surface area contributed by atoms with Crippen molar-refractivity contribution in [2.75, 3.05) is 6.54 Å². The second-order valence-electron chi connectivity index (χ2n) is 3.48. The molecule has 0 saturated carbocycles. The zero-order chi connectivity index (χ0) is 11.3. The molecule has 0 amide bonds. The number of halogens is 2. The minimum atomic E-state index is -2.83. The minimum absolute atomic E-state index is 0.0359. The Bertz CT molecular complexity index is 309. The van der Waals surface area contributed by atoms with Crippen LogP contribution in [0.15, 0.2) is 43.0 Å². The van der Waals surface area contributed by atoms with Gasteiger partial charge in [-0.25, -0.2) is 0 Å². The molecule has 0 spiro atoms. The van der Waals surface area contributed by atoms with Crippen LogP contribution in [0.2, 0.25) is 0 Å². The molecule has 1 aromatic rings. The van der Waals surface area contributed by atoms with Gasteiger partial charge in [0.1, 0.15) is 0 Å². The van der Waals surface area contributed by atoms with Crippen LogP contribution in [0, 0.1) is 0 Å². The first-order valence-electron chi connectivity index (χ1n) is 4.85. The van der Waals surface area contributed by atoms with Crippen LogP contribution in [0.25, 0.3) is 0 Å². The van der Waals surface area contributed by atoms with Crippen LogP contribution in [0.1, 0.15) is 12.5 Å². The SMILES string of the molecule is C=CC(C)NCC(F)(F)c1ccccc1. The van der Waals surface area contributed by atoms with Crippen molar-refractivity contribution in [1.82, 2.24) is 5.32 Å². The second kappa shape index (κ2) is 5.03. The van der Waals surface area contributed by atoms with Crippen LogP contribution >= 0.6 is 0 Å². The van der Waals surface area contributed by atoms with Crippen molar-refractivity contribution in [3.8, 4) is 0 Å². The molecule has 1 nitrogen and oxygen atoms in total. The van der Waals surface area contributed by atoms with Crippen LogP contribution in [-0.4, -0.2) is 12.6 Å². The van der Waals surface area contributed by atoms with Crippen LogP contribution in [-0.2, 0) is 5.92 Å². The number of rotatable bonds is 5. The summed E-state index contributed by atoms with van der Waals surface area (Å²) in [4.78, 5) is 0. The summed E-state index contributed by atoms with van der Waals surface area (Å²) in [5.41, 5.74) is 0.0359. The lowest BCUT2D eigenvalue weighted by Gasteiger charge is -2.19. The molecule has 0 aromatic heterocycles. The molecule has 0 aliphatic carbocycles. The quantitative estimate of drug-likeness (QED) is 0.738. The molecule has 1 aromatic carbocycles. The van der Waals surface area contributed by atoms with Crippen molar-refractivity contribution in [2.45, 2.75) is 18.9 Å². The van der Waals surface area contributed by atoms with Gasteiger partial charge >= 0.3 is 0 Å². The Morgan fingerprint density at radius 1 is 1.40 bits per heavy atom. The van der Waals surface area contributed by atoms with Gasteiger partial charge < -0.3 is 5.32 Å². The first-order chi connectivity index (χ1) is 7.06. The highest BCUT2D eigenvalue weighted by Crippen LogP contribution is 2.26. The van der Waals surface area contributed by atoms with E-state index in [9.17, 15) is 8.78 Å². The summed E-state index contributed by atoms with van der Waals surface area (Å²) in [5, 5.41) is 2.70. The normalized spacial score (nSPS) is 13.5. The van der Waals surface area contributed by atoms with E-state index in [1.165, 1.54) is 12.1 Å². The standard InChI is InChI=1S/C12H15F2N/c1-3-10(2)15-9-12(13,14)11-7-5-4-6-8-11/h3-8,10,15H,1,9H2,2H3. The predicted octanol–water partition coefficient (Wildman–Crippen LogP) is 2.94. The van der Waals surface area contributed by atoms with E-state index in [1.54, 1.807) is 31.2 Å². The number of hydrogen-bond acceptors (Lipinski definition) is 1. The Morgan fingerprint density at radius 3 is 2.53 bits per heavy atom. The zero-order valence-corrected chi connectivity index (χ0v) is 8.71. The topological polar surface area (TPSA) is 12.0 Å². The van der Waals surface area contributed by atoms with E-state index in [0.717, 1.165) is 0 Å². The van der Waals surface area contributed by atoms with Crippen molar-refractivity contribution < 1.29 is 8.78 Å². The molecule has 0 bridgehead atoms. The van der Waals surface area contributed by atoms with E-state index in [0.29, 0.717) is 0 Å². The van der Waals surface area contributed by atoms with Crippen LogP contribution in [0.3, 0.4) is 0 Å². The summed E-state index contributed by atoms with van der Waals surface area (Å²) >= 11 is 0. The van der Waals surface area contributed by atoms with Gasteiger partial charge in [0.05, 0.1) is 6.54 Å². The van der Waals surface area contributed by atoms with Gasteiger partial charge in [-0.05, 0) is 6.92 Å². The lowest BCUT2D eigenvalue weighted by molar-refractivity contribution is -0.00417. The van der Waals surface area contributed by atoms with Crippen molar-refractivity contribution in [1.29, 1.82) is 0 Å². The highest BCUT2D eigenvalue weighted by molar-refractivity contribution is 5.20. The lowest BCUT2D eigenvalue weighted by atomic mass is 10.1. The Labute approximate surface area is 88.8 Å². The summed E-state index contributed by atoms with van der Waals surface area (Å²) in [6, 6.07) is 7.69. The Kier molecular flexibility index (Phi) is 3.97. The van der Waals surface area contributed by atoms with E-state index < -0.39 is 5.92 Å². The fourth-order valence-electron chi connectivity index (χ4n) is 1.16. The number of benzene rings is 1. The number of alkyl halides is 2.